The predicted octanol–water partition coefficient (Wildman–Crippen LogP) is 2.55. The quantitative estimate of drug-likeness (QED) is 0.629. The van der Waals surface area contributed by atoms with Crippen LogP contribution >= 0.6 is 0 Å². The minimum absolute atomic E-state index is 0.394. The van der Waals surface area contributed by atoms with E-state index in [1.165, 1.54) is 13.3 Å². The van der Waals surface area contributed by atoms with Gasteiger partial charge in [0.1, 0.15) is 0 Å². The van der Waals surface area contributed by atoms with E-state index in [9.17, 15) is 4.79 Å². The van der Waals surface area contributed by atoms with Crippen LogP contribution in [-0.4, -0.2) is 36.7 Å². The van der Waals surface area contributed by atoms with E-state index >= 15 is 0 Å². The normalized spacial score (nSPS) is 20.0. The zero-order chi connectivity index (χ0) is 15.7. The van der Waals surface area contributed by atoms with Crippen molar-refractivity contribution in [2.45, 2.75) is 38.9 Å². The van der Waals surface area contributed by atoms with E-state index in [0.29, 0.717) is 17.0 Å². The molecular weight excluding hydrogens is 269 g/mol. The second-order valence-corrected chi connectivity index (χ2v) is 5.92. The largest absolute Gasteiger partial charge is 0.487 e. The Balaban J connectivity index is 2.25. The minimum atomic E-state index is -0.473. The van der Waals surface area contributed by atoms with E-state index in [4.69, 9.17) is 14.0 Å². The summed E-state index contributed by atoms with van der Waals surface area (Å²) < 4.78 is 16.9. The highest BCUT2D eigenvalue weighted by Gasteiger charge is 2.50. The average Bonchev–Trinajstić information content (AvgIpc) is 2.64. The van der Waals surface area contributed by atoms with Crippen LogP contribution < -0.4 is 4.74 Å². The van der Waals surface area contributed by atoms with Crippen LogP contribution in [-0.2, 0) is 9.31 Å². The molecule has 0 N–H and O–H groups in total. The van der Waals surface area contributed by atoms with Gasteiger partial charge in [-0.1, -0.05) is 12.1 Å². The molecule has 0 saturated carbocycles. The van der Waals surface area contributed by atoms with Crippen molar-refractivity contribution in [2.75, 3.05) is 7.11 Å². The monoisotopic (exact) mass is 289 g/mol. The lowest BCUT2D eigenvalue weighted by molar-refractivity contribution is 0.00578. The number of hydrogen-bond donors (Lipinski definition) is 0. The van der Waals surface area contributed by atoms with Crippen LogP contribution in [0.2, 0.25) is 0 Å². The Morgan fingerprint density at radius 1 is 1.24 bits per heavy atom. The number of carbonyl (C=O) groups excluding carboxylic acids is 1. The Bertz CT molecular complexity index is 553. The summed E-state index contributed by atoms with van der Waals surface area (Å²) in [7, 11) is 1.04. The highest BCUT2D eigenvalue weighted by Crippen LogP contribution is 2.37. The molecule has 1 aromatic heterocycles. The zero-order valence-electron chi connectivity index (χ0n) is 13.0. The molecule has 1 aromatic rings. The number of aromatic nitrogens is 1. The maximum atomic E-state index is 11.1. The maximum Gasteiger partial charge on any atom is 0.487 e. The van der Waals surface area contributed by atoms with E-state index in [0.717, 1.165) is 6.29 Å². The number of pyridine rings is 1. The van der Waals surface area contributed by atoms with Crippen LogP contribution in [0.5, 0.6) is 5.88 Å². The molecule has 0 bridgehead atoms. The second-order valence-electron chi connectivity index (χ2n) is 5.92. The molecule has 0 aliphatic carbocycles. The Morgan fingerprint density at radius 3 is 2.38 bits per heavy atom. The van der Waals surface area contributed by atoms with Crippen molar-refractivity contribution in [1.82, 2.24) is 4.98 Å². The van der Waals surface area contributed by atoms with Crippen molar-refractivity contribution >= 4 is 19.5 Å². The van der Waals surface area contributed by atoms with Crippen molar-refractivity contribution in [3.05, 3.63) is 29.4 Å². The minimum Gasteiger partial charge on any atom is -0.481 e. The topological polar surface area (TPSA) is 57.7 Å². The van der Waals surface area contributed by atoms with Crippen LogP contribution in [0.4, 0.5) is 0 Å². The zero-order valence-corrected chi connectivity index (χ0v) is 13.0. The van der Waals surface area contributed by atoms with Crippen molar-refractivity contribution in [3.8, 4) is 5.88 Å². The number of ether oxygens (including phenoxy) is 1. The van der Waals surface area contributed by atoms with Crippen molar-refractivity contribution in [3.63, 3.8) is 0 Å². The Morgan fingerprint density at radius 2 is 1.86 bits per heavy atom. The molecule has 2 heterocycles. The molecule has 1 aliphatic rings. The summed E-state index contributed by atoms with van der Waals surface area (Å²) in [6, 6.07) is 1.64. The van der Waals surface area contributed by atoms with Crippen LogP contribution in [0, 0.1) is 0 Å². The summed E-state index contributed by atoms with van der Waals surface area (Å²) in [5, 5.41) is 0. The molecule has 0 atom stereocenters. The summed E-state index contributed by atoms with van der Waals surface area (Å²) in [6.07, 6.45) is 4.06. The van der Waals surface area contributed by atoms with Gasteiger partial charge in [0, 0.05) is 17.3 Å². The van der Waals surface area contributed by atoms with Crippen molar-refractivity contribution in [2.24, 2.45) is 0 Å². The SMILES string of the molecule is COc1nccc(C=O)c1/C=C/B1OC(C)(C)C(C)(C)O1. The van der Waals surface area contributed by atoms with E-state index < -0.39 is 18.3 Å². The molecule has 112 valence electrons. The highest BCUT2D eigenvalue weighted by atomic mass is 16.7. The molecule has 1 saturated heterocycles. The van der Waals surface area contributed by atoms with Crippen LogP contribution in [0.25, 0.3) is 6.08 Å². The molecule has 0 aromatic carbocycles. The van der Waals surface area contributed by atoms with E-state index in [1.807, 2.05) is 27.7 Å². The fourth-order valence-electron chi connectivity index (χ4n) is 2.04. The van der Waals surface area contributed by atoms with Gasteiger partial charge in [-0.25, -0.2) is 4.98 Å². The first-order valence-electron chi connectivity index (χ1n) is 6.83. The number of nitrogens with zero attached hydrogens (tertiary/aromatic N) is 1. The number of rotatable bonds is 4. The fourth-order valence-corrected chi connectivity index (χ4v) is 2.04. The van der Waals surface area contributed by atoms with Gasteiger partial charge in [-0.3, -0.25) is 4.79 Å². The number of aldehydes is 1. The first-order valence-corrected chi connectivity index (χ1v) is 6.83. The lowest BCUT2D eigenvalue weighted by atomic mass is 9.88. The number of methoxy groups -OCH3 is 1. The molecular formula is C15H20BNO4. The summed E-state index contributed by atoms with van der Waals surface area (Å²) in [5.41, 5.74) is 0.336. The summed E-state index contributed by atoms with van der Waals surface area (Å²) >= 11 is 0. The van der Waals surface area contributed by atoms with Gasteiger partial charge in [0.15, 0.2) is 6.29 Å². The van der Waals surface area contributed by atoms with E-state index in [-0.39, 0.29) is 0 Å². The molecule has 0 radical (unpaired) electrons. The van der Waals surface area contributed by atoms with Crippen LogP contribution in [0.3, 0.4) is 0 Å². The van der Waals surface area contributed by atoms with Gasteiger partial charge in [-0.2, -0.15) is 0 Å². The molecule has 0 spiro atoms. The summed E-state index contributed by atoms with van der Waals surface area (Å²) in [6.45, 7) is 7.95. The molecule has 0 amide bonds. The van der Waals surface area contributed by atoms with Gasteiger partial charge in [-0.05, 0) is 33.8 Å². The third-order valence-electron chi connectivity index (χ3n) is 4.00. The molecule has 0 unspecified atom stereocenters. The first kappa shape index (κ1) is 15.7. The van der Waals surface area contributed by atoms with Crippen molar-refractivity contribution < 1.29 is 18.8 Å². The third kappa shape index (κ3) is 3.01. The van der Waals surface area contributed by atoms with E-state index in [1.54, 1.807) is 18.1 Å². The van der Waals surface area contributed by atoms with Gasteiger partial charge in [-0.15, -0.1) is 0 Å². The lowest BCUT2D eigenvalue weighted by Crippen LogP contribution is -2.41. The van der Waals surface area contributed by atoms with Crippen LogP contribution in [0.15, 0.2) is 18.2 Å². The fraction of sp³-hybridized carbons (Fsp3) is 0.467. The summed E-state index contributed by atoms with van der Waals surface area (Å²) in [4.78, 5) is 15.2. The number of carbonyl (C=O) groups is 1. The number of hydrogen-bond acceptors (Lipinski definition) is 5. The predicted molar refractivity (Wildman–Crippen MR) is 81.3 cm³/mol. The molecule has 6 heteroatoms. The maximum absolute atomic E-state index is 11.1. The first-order chi connectivity index (χ1) is 9.80. The van der Waals surface area contributed by atoms with E-state index in [2.05, 4.69) is 4.98 Å². The second kappa shape index (κ2) is 5.62. The highest BCUT2D eigenvalue weighted by molar-refractivity contribution is 6.52. The molecule has 5 nitrogen and oxygen atoms in total. The standard InChI is InChI=1S/C15H20BNO4/c1-14(2)15(3,4)21-16(20-14)8-6-12-11(10-18)7-9-17-13(12)19-5/h6-10H,1-5H3/b8-6+. The average molecular weight is 289 g/mol. The van der Waals surface area contributed by atoms with Gasteiger partial charge < -0.3 is 14.0 Å². The smallest absolute Gasteiger partial charge is 0.481 e. The third-order valence-corrected chi connectivity index (χ3v) is 4.00. The molecule has 21 heavy (non-hydrogen) atoms. The molecule has 1 aliphatic heterocycles. The molecule has 1 fully saturated rings. The van der Waals surface area contributed by atoms with Gasteiger partial charge >= 0.3 is 7.12 Å². The van der Waals surface area contributed by atoms with Gasteiger partial charge in [0.05, 0.1) is 18.3 Å². The van der Waals surface area contributed by atoms with Gasteiger partial charge in [0.2, 0.25) is 5.88 Å². The van der Waals surface area contributed by atoms with Crippen molar-refractivity contribution in [1.29, 1.82) is 0 Å². The molecule has 2 rings (SSSR count). The van der Waals surface area contributed by atoms with Gasteiger partial charge in [0.25, 0.3) is 0 Å². The Hall–Kier alpha value is -1.66. The lowest BCUT2D eigenvalue weighted by Gasteiger charge is -2.32. The van der Waals surface area contributed by atoms with Crippen LogP contribution in [0.1, 0.15) is 43.6 Å². The summed E-state index contributed by atoms with van der Waals surface area (Å²) in [5.74, 6) is 2.16. The Kier molecular flexibility index (Phi) is 4.21. The Labute approximate surface area is 125 Å².